The predicted molar refractivity (Wildman–Crippen MR) is 117 cm³/mol. The van der Waals surface area contributed by atoms with Gasteiger partial charge in [0.15, 0.2) is 0 Å². The van der Waals surface area contributed by atoms with Crippen LogP contribution in [0.5, 0.6) is 0 Å². The third-order valence-electron chi connectivity index (χ3n) is 7.01. The normalized spacial score (nSPS) is 25.6. The standard InChI is InChI=1S/C22H33N3O4S/c1-18-3-5-19(6-4-18)24-15-13-23(14-16-24)10-7-20-17-22(21(26)29-20)8-11-25(12-9-22)30(2,27)28/h3-6,20H,7-17H2,1-2H3/t20-/m0/s1. The van der Waals surface area contributed by atoms with Gasteiger partial charge >= 0.3 is 5.97 Å². The van der Waals surface area contributed by atoms with Crippen molar-refractivity contribution in [2.75, 3.05) is 57.0 Å². The molecule has 8 heteroatoms. The molecule has 1 spiro atoms. The molecule has 7 nitrogen and oxygen atoms in total. The predicted octanol–water partition coefficient (Wildman–Crippen LogP) is 1.86. The molecule has 1 aromatic carbocycles. The number of rotatable bonds is 5. The molecule has 3 aliphatic rings. The van der Waals surface area contributed by atoms with Crippen molar-refractivity contribution in [2.24, 2.45) is 5.41 Å². The molecule has 0 bridgehead atoms. The molecule has 0 aromatic heterocycles. The molecule has 0 amide bonds. The number of benzene rings is 1. The van der Waals surface area contributed by atoms with Crippen LogP contribution in [0.1, 0.15) is 31.2 Å². The van der Waals surface area contributed by atoms with Gasteiger partial charge in [-0.1, -0.05) is 17.7 Å². The Morgan fingerprint density at radius 1 is 1.03 bits per heavy atom. The lowest BCUT2D eigenvalue weighted by Gasteiger charge is -2.36. The minimum atomic E-state index is -3.18. The van der Waals surface area contributed by atoms with E-state index in [-0.39, 0.29) is 12.1 Å². The third kappa shape index (κ3) is 4.65. The number of hydrogen-bond acceptors (Lipinski definition) is 6. The summed E-state index contributed by atoms with van der Waals surface area (Å²) in [5, 5.41) is 0. The molecule has 0 saturated carbocycles. The van der Waals surface area contributed by atoms with E-state index in [0.717, 1.165) is 45.6 Å². The number of carbonyl (C=O) groups is 1. The molecular formula is C22H33N3O4S. The lowest BCUT2D eigenvalue weighted by Crippen LogP contribution is -2.47. The lowest BCUT2D eigenvalue weighted by atomic mass is 9.76. The second kappa shape index (κ2) is 8.48. The number of piperazine rings is 1. The van der Waals surface area contributed by atoms with Gasteiger partial charge in [0.1, 0.15) is 6.10 Å². The second-order valence-electron chi connectivity index (χ2n) is 9.13. The minimum Gasteiger partial charge on any atom is -0.462 e. The molecule has 3 fully saturated rings. The fourth-order valence-electron chi connectivity index (χ4n) is 4.96. The molecule has 0 unspecified atom stereocenters. The Hall–Kier alpha value is -1.64. The van der Waals surface area contributed by atoms with Crippen LogP contribution in [0.2, 0.25) is 0 Å². The summed E-state index contributed by atoms with van der Waals surface area (Å²) in [5.74, 6) is -0.121. The van der Waals surface area contributed by atoms with Gasteiger partial charge in [0.25, 0.3) is 0 Å². The maximum atomic E-state index is 12.6. The summed E-state index contributed by atoms with van der Waals surface area (Å²) in [7, 11) is -3.18. The van der Waals surface area contributed by atoms with E-state index < -0.39 is 15.4 Å². The zero-order valence-corrected chi connectivity index (χ0v) is 18.9. The number of cyclic esters (lactones) is 1. The smallest absolute Gasteiger partial charge is 0.312 e. The van der Waals surface area contributed by atoms with E-state index in [1.54, 1.807) is 0 Å². The fourth-order valence-corrected chi connectivity index (χ4v) is 5.81. The zero-order chi connectivity index (χ0) is 21.4. The van der Waals surface area contributed by atoms with Gasteiger partial charge in [0.05, 0.1) is 11.7 Å². The SMILES string of the molecule is Cc1ccc(N2CCN(CC[C@H]3CC4(CCN(S(C)(=O)=O)CC4)C(=O)O3)CC2)cc1. The Bertz CT molecular complexity index is 855. The van der Waals surface area contributed by atoms with Crippen LogP contribution in [0.4, 0.5) is 5.69 Å². The van der Waals surface area contributed by atoms with Gasteiger partial charge in [-0.05, 0) is 38.3 Å². The van der Waals surface area contributed by atoms with Gasteiger partial charge < -0.3 is 9.64 Å². The number of carbonyl (C=O) groups excluding carboxylic acids is 1. The molecule has 0 radical (unpaired) electrons. The van der Waals surface area contributed by atoms with Gasteiger partial charge in [-0.25, -0.2) is 12.7 Å². The molecule has 0 N–H and O–H groups in total. The molecule has 1 atom stereocenters. The van der Waals surface area contributed by atoms with Crippen molar-refractivity contribution >= 4 is 21.7 Å². The van der Waals surface area contributed by atoms with Crippen molar-refractivity contribution in [3.05, 3.63) is 29.8 Å². The molecule has 4 rings (SSSR count). The highest BCUT2D eigenvalue weighted by atomic mass is 32.2. The highest BCUT2D eigenvalue weighted by Crippen LogP contribution is 2.44. The first-order chi connectivity index (χ1) is 14.2. The van der Waals surface area contributed by atoms with E-state index in [9.17, 15) is 13.2 Å². The molecular weight excluding hydrogens is 402 g/mol. The summed E-state index contributed by atoms with van der Waals surface area (Å²) in [5.41, 5.74) is 2.09. The summed E-state index contributed by atoms with van der Waals surface area (Å²) in [4.78, 5) is 17.5. The molecule has 3 aliphatic heterocycles. The summed E-state index contributed by atoms with van der Waals surface area (Å²) < 4.78 is 30.7. The van der Waals surface area contributed by atoms with Crippen molar-refractivity contribution in [3.63, 3.8) is 0 Å². The highest BCUT2D eigenvalue weighted by Gasteiger charge is 2.51. The topological polar surface area (TPSA) is 70.2 Å². The Morgan fingerprint density at radius 3 is 2.27 bits per heavy atom. The van der Waals surface area contributed by atoms with E-state index in [1.165, 1.54) is 21.8 Å². The minimum absolute atomic E-state index is 0.0441. The number of hydrogen-bond donors (Lipinski definition) is 0. The first-order valence-corrected chi connectivity index (χ1v) is 12.8. The second-order valence-corrected chi connectivity index (χ2v) is 11.1. The first-order valence-electron chi connectivity index (χ1n) is 11.0. The summed E-state index contributed by atoms with van der Waals surface area (Å²) in [6, 6.07) is 8.70. The largest absolute Gasteiger partial charge is 0.462 e. The Labute approximate surface area is 180 Å². The van der Waals surface area contributed by atoms with Crippen LogP contribution < -0.4 is 4.90 Å². The average molecular weight is 436 g/mol. The monoisotopic (exact) mass is 435 g/mol. The van der Waals surface area contributed by atoms with Crippen molar-refractivity contribution in [1.82, 2.24) is 9.21 Å². The quantitative estimate of drug-likeness (QED) is 0.658. The van der Waals surface area contributed by atoms with Crippen LogP contribution in [0.15, 0.2) is 24.3 Å². The maximum absolute atomic E-state index is 12.6. The van der Waals surface area contributed by atoms with Crippen LogP contribution in [-0.2, 0) is 19.6 Å². The Balaban J connectivity index is 1.23. The van der Waals surface area contributed by atoms with Crippen LogP contribution in [-0.4, -0.2) is 81.8 Å². The van der Waals surface area contributed by atoms with Gasteiger partial charge in [-0.2, -0.15) is 0 Å². The van der Waals surface area contributed by atoms with E-state index in [4.69, 9.17) is 4.74 Å². The number of aryl methyl sites for hydroxylation is 1. The number of nitrogens with zero attached hydrogens (tertiary/aromatic N) is 3. The number of ether oxygens (including phenoxy) is 1. The molecule has 3 saturated heterocycles. The molecule has 0 aliphatic carbocycles. The van der Waals surface area contributed by atoms with Crippen LogP contribution in [0.3, 0.4) is 0 Å². The van der Waals surface area contributed by atoms with Crippen LogP contribution in [0.25, 0.3) is 0 Å². The summed E-state index contributed by atoms with van der Waals surface area (Å²) in [6.07, 6.45) is 3.92. The number of anilines is 1. The van der Waals surface area contributed by atoms with E-state index in [1.807, 2.05) is 0 Å². The van der Waals surface area contributed by atoms with Crippen molar-refractivity contribution < 1.29 is 17.9 Å². The maximum Gasteiger partial charge on any atom is 0.312 e. The van der Waals surface area contributed by atoms with Gasteiger partial charge in [0.2, 0.25) is 10.0 Å². The van der Waals surface area contributed by atoms with E-state index in [0.29, 0.717) is 25.9 Å². The van der Waals surface area contributed by atoms with Gasteiger partial charge in [0, 0.05) is 57.9 Å². The van der Waals surface area contributed by atoms with Crippen LogP contribution >= 0.6 is 0 Å². The molecule has 1 aromatic rings. The molecule has 166 valence electrons. The van der Waals surface area contributed by atoms with Crippen LogP contribution in [0, 0.1) is 12.3 Å². The zero-order valence-electron chi connectivity index (χ0n) is 18.0. The first kappa shape index (κ1) is 21.6. The van der Waals surface area contributed by atoms with Gasteiger partial charge in [-0.3, -0.25) is 9.69 Å². The fraction of sp³-hybridized carbons (Fsp3) is 0.682. The van der Waals surface area contributed by atoms with E-state index >= 15 is 0 Å². The molecule has 30 heavy (non-hydrogen) atoms. The third-order valence-corrected chi connectivity index (χ3v) is 8.32. The van der Waals surface area contributed by atoms with E-state index in [2.05, 4.69) is 41.0 Å². The average Bonchev–Trinajstić information content (AvgIpc) is 3.02. The number of esters is 1. The molecule has 3 heterocycles. The summed E-state index contributed by atoms with van der Waals surface area (Å²) in [6.45, 7) is 7.94. The Morgan fingerprint density at radius 2 is 1.67 bits per heavy atom. The number of piperidine rings is 1. The number of sulfonamides is 1. The van der Waals surface area contributed by atoms with Crippen molar-refractivity contribution in [2.45, 2.75) is 38.7 Å². The van der Waals surface area contributed by atoms with Crippen molar-refractivity contribution in [3.8, 4) is 0 Å². The van der Waals surface area contributed by atoms with Gasteiger partial charge in [-0.15, -0.1) is 0 Å². The summed E-state index contributed by atoms with van der Waals surface area (Å²) >= 11 is 0. The Kier molecular flexibility index (Phi) is 6.10. The highest BCUT2D eigenvalue weighted by molar-refractivity contribution is 7.88. The van der Waals surface area contributed by atoms with Crippen molar-refractivity contribution in [1.29, 1.82) is 0 Å². The lowest BCUT2D eigenvalue weighted by molar-refractivity contribution is -0.150.